The first kappa shape index (κ1) is 14.7. The highest BCUT2D eigenvalue weighted by Gasteiger charge is 2.25. The lowest BCUT2D eigenvalue weighted by atomic mass is 10.3. The number of nitrogens with zero attached hydrogens (tertiary/aromatic N) is 1. The van der Waals surface area contributed by atoms with Crippen LogP contribution in [0.1, 0.15) is 12.2 Å². The molecule has 1 aromatic rings. The van der Waals surface area contributed by atoms with E-state index in [0.717, 1.165) is 13.0 Å². The lowest BCUT2D eigenvalue weighted by molar-refractivity contribution is -0.137. The van der Waals surface area contributed by atoms with E-state index in [1.54, 1.807) is 41.1 Å². The lowest BCUT2D eigenvalue weighted by Gasteiger charge is -2.13. The van der Waals surface area contributed by atoms with Crippen molar-refractivity contribution in [3.05, 3.63) is 30.2 Å². The van der Waals surface area contributed by atoms with Crippen molar-refractivity contribution in [3.8, 4) is 0 Å². The summed E-state index contributed by atoms with van der Waals surface area (Å²) in [7, 11) is 1.38. The fourth-order valence-corrected chi connectivity index (χ4v) is 3.00. The Morgan fingerprint density at radius 1 is 1.60 bits per heavy atom. The van der Waals surface area contributed by atoms with Gasteiger partial charge in [-0.05, 0) is 24.6 Å². The predicted molar refractivity (Wildman–Crippen MR) is 77.2 cm³/mol. The normalized spacial score (nSPS) is 18.6. The summed E-state index contributed by atoms with van der Waals surface area (Å²) in [6.45, 7) is 1.39. The number of carbonyl (C=O) groups is 2. The minimum atomic E-state index is -0.225. The lowest BCUT2D eigenvalue weighted by Crippen LogP contribution is -2.27. The average Bonchev–Trinajstić information content (AvgIpc) is 3.13. The maximum atomic E-state index is 12.0. The van der Waals surface area contributed by atoms with Gasteiger partial charge >= 0.3 is 5.97 Å². The monoisotopic (exact) mass is 295 g/mol. The summed E-state index contributed by atoms with van der Waals surface area (Å²) < 4.78 is 9.73. The van der Waals surface area contributed by atoms with Crippen molar-refractivity contribution >= 4 is 29.7 Å². The Morgan fingerprint density at radius 2 is 2.45 bits per heavy atom. The van der Waals surface area contributed by atoms with Gasteiger partial charge in [-0.2, -0.15) is 0 Å². The topological polar surface area (TPSA) is 59.8 Å². The van der Waals surface area contributed by atoms with Crippen LogP contribution in [0.25, 0.3) is 6.08 Å². The van der Waals surface area contributed by atoms with E-state index in [1.807, 2.05) is 0 Å². The van der Waals surface area contributed by atoms with E-state index in [4.69, 9.17) is 4.42 Å². The van der Waals surface area contributed by atoms with Crippen molar-refractivity contribution < 1.29 is 18.7 Å². The van der Waals surface area contributed by atoms with Crippen molar-refractivity contribution in [1.82, 2.24) is 4.90 Å². The minimum absolute atomic E-state index is 0.0254. The summed E-state index contributed by atoms with van der Waals surface area (Å²) in [5.41, 5.74) is 0. The quantitative estimate of drug-likeness (QED) is 0.612. The van der Waals surface area contributed by atoms with Gasteiger partial charge in [0.05, 0.1) is 19.1 Å². The van der Waals surface area contributed by atoms with Crippen LogP contribution in [-0.2, 0) is 14.3 Å². The number of thioether (sulfide) groups is 1. The smallest absolute Gasteiger partial charge is 0.315 e. The largest absolute Gasteiger partial charge is 0.468 e. The molecule has 20 heavy (non-hydrogen) atoms. The molecule has 1 aliphatic rings. The molecule has 0 aliphatic carbocycles. The standard InChI is InChI=1S/C14H17NO4S/c1-18-14(17)10-20-12-6-7-15(9-12)13(16)5-4-11-3-2-8-19-11/h2-5,8,12H,6-7,9-10H2,1H3/b5-4+/t12-/m1/s1. The van der Waals surface area contributed by atoms with Crippen molar-refractivity contribution in [2.24, 2.45) is 0 Å². The van der Waals surface area contributed by atoms with Crippen molar-refractivity contribution in [3.63, 3.8) is 0 Å². The van der Waals surface area contributed by atoms with Gasteiger partial charge in [-0.1, -0.05) is 0 Å². The van der Waals surface area contributed by atoms with Crippen LogP contribution in [0.2, 0.25) is 0 Å². The van der Waals surface area contributed by atoms with Crippen LogP contribution in [0.15, 0.2) is 28.9 Å². The van der Waals surface area contributed by atoms with Gasteiger partial charge in [-0.15, -0.1) is 11.8 Å². The summed E-state index contributed by atoms with van der Waals surface area (Å²) in [6.07, 6.45) is 5.66. The first-order valence-corrected chi connectivity index (χ1v) is 7.43. The van der Waals surface area contributed by atoms with Crippen LogP contribution < -0.4 is 0 Å². The Morgan fingerprint density at radius 3 is 3.15 bits per heavy atom. The number of rotatable bonds is 5. The molecule has 1 amide bonds. The zero-order chi connectivity index (χ0) is 14.4. The zero-order valence-electron chi connectivity index (χ0n) is 11.3. The molecule has 2 heterocycles. The highest BCUT2D eigenvalue weighted by atomic mass is 32.2. The molecular formula is C14H17NO4S. The maximum absolute atomic E-state index is 12.0. The van der Waals surface area contributed by atoms with Gasteiger partial charge in [0.15, 0.2) is 0 Å². The molecule has 1 atom stereocenters. The summed E-state index contributed by atoms with van der Waals surface area (Å²) >= 11 is 1.54. The molecule has 1 saturated heterocycles. The molecule has 0 radical (unpaired) electrons. The molecule has 5 nitrogen and oxygen atoms in total. The maximum Gasteiger partial charge on any atom is 0.315 e. The van der Waals surface area contributed by atoms with E-state index >= 15 is 0 Å². The fourth-order valence-electron chi connectivity index (χ4n) is 1.95. The minimum Gasteiger partial charge on any atom is -0.468 e. The molecule has 0 saturated carbocycles. The summed E-state index contributed by atoms with van der Waals surface area (Å²) in [6, 6.07) is 3.57. The molecular weight excluding hydrogens is 278 g/mol. The summed E-state index contributed by atoms with van der Waals surface area (Å²) in [5, 5.41) is 0.301. The first-order valence-electron chi connectivity index (χ1n) is 6.38. The molecule has 0 spiro atoms. The van der Waals surface area contributed by atoms with Gasteiger partial charge in [0.1, 0.15) is 5.76 Å². The molecule has 0 aromatic carbocycles. The first-order chi connectivity index (χ1) is 9.69. The molecule has 2 rings (SSSR count). The van der Waals surface area contributed by atoms with Crippen molar-refractivity contribution in [2.75, 3.05) is 26.0 Å². The van der Waals surface area contributed by atoms with Gasteiger partial charge in [0.25, 0.3) is 0 Å². The van der Waals surface area contributed by atoms with E-state index in [0.29, 0.717) is 23.3 Å². The number of hydrogen-bond acceptors (Lipinski definition) is 5. The molecule has 1 fully saturated rings. The number of methoxy groups -OCH3 is 1. The van der Waals surface area contributed by atoms with Gasteiger partial charge in [0.2, 0.25) is 5.91 Å². The number of ether oxygens (including phenoxy) is 1. The van der Waals surface area contributed by atoms with Crippen LogP contribution >= 0.6 is 11.8 Å². The van der Waals surface area contributed by atoms with E-state index in [1.165, 1.54) is 13.2 Å². The predicted octanol–water partition coefficient (Wildman–Crippen LogP) is 1.80. The third-order valence-corrected chi connectivity index (χ3v) is 4.31. The van der Waals surface area contributed by atoms with Gasteiger partial charge < -0.3 is 14.1 Å². The van der Waals surface area contributed by atoms with E-state index in [9.17, 15) is 9.59 Å². The van der Waals surface area contributed by atoms with Crippen LogP contribution in [0.3, 0.4) is 0 Å². The van der Waals surface area contributed by atoms with Gasteiger partial charge in [-0.3, -0.25) is 9.59 Å². The van der Waals surface area contributed by atoms with E-state index in [-0.39, 0.29) is 11.9 Å². The second kappa shape index (κ2) is 7.19. The van der Waals surface area contributed by atoms with E-state index in [2.05, 4.69) is 4.74 Å². The van der Waals surface area contributed by atoms with Crippen molar-refractivity contribution in [2.45, 2.75) is 11.7 Å². The third-order valence-electron chi connectivity index (χ3n) is 3.05. The second-order valence-corrected chi connectivity index (χ2v) is 5.72. The third kappa shape index (κ3) is 4.16. The van der Waals surface area contributed by atoms with Gasteiger partial charge in [0, 0.05) is 24.4 Å². The van der Waals surface area contributed by atoms with E-state index < -0.39 is 0 Å². The Bertz CT molecular complexity index is 483. The molecule has 1 aromatic heterocycles. The average molecular weight is 295 g/mol. The van der Waals surface area contributed by atoms with Crippen LogP contribution in [0.4, 0.5) is 0 Å². The molecule has 0 unspecified atom stereocenters. The SMILES string of the molecule is COC(=O)CS[C@@H]1CCN(C(=O)/C=C/c2ccco2)C1. The molecule has 6 heteroatoms. The second-order valence-electron chi connectivity index (χ2n) is 4.43. The fraction of sp³-hybridized carbons (Fsp3) is 0.429. The summed E-state index contributed by atoms with van der Waals surface area (Å²) in [4.78, 5) is 24.8. The number of hydrogen-bond donors (Lipinski definition) is 0. The Kier molecular flexibility index (Phi) is 5.29. The molecule has 108 valence electrons. The Labute approximate surface area is 121 Å². The van der Waals surface area contributed by atoms with Crippen LogP contribution in [-0.4, -0.2) is 48.0 Å². The Hall–Kier alpha value is -1.69. The van der Waals surface area contributed by atoms with Crippen LogP contribution in [0, 0.1) is 0 Å². The number of esters is 1. The van der Waals surface area contributed by atoms with Crippen molar-refractivity contribution in [1.29, 1.82) is 0 Å². The van der Waals surface area contributed by atoms with Crippen LogP contribution in [0.5, 0.6) is 0 Å². The number of likely N-dealkylation sites (tertiary alicyclic amines) is 1. The Balaban J connectivity index is 1.77. The number of amides is 1. The number of furan rings is 1. The summed E-state index contributed by atoms with van der Waals surface area (Å²) in [5.74, 6) is 0.750. The molecule has 1 aliphatic heterocycles. The number of carbonyl (C=O) groups excluding carboxylic acids is 2. The molecule has 0 bridgehead atoms. The molecule has 0 N–H and O–H groups in total. The highest BCUT2D eigenvalue weighted by molar-refractivity contribution is 8.00. The van der Waals surface area contributed by atoms with Gasteiger partial charge in [-0.25, -0.2) is 0 Å². The zero-order valence-corrected chi connectivity index (χ0v) is 12.1. The highest BCUT2D eigenvalue weighted by Crippen LogP contribution is 2.23.